The van der Waals surface area contributed by atoms with Crippen molar-refractivity contribution in [1.29, 1.82) is 0 Å². The van der Waals surface area contributed by atoms with Crippen LogP contribution in [-0.4, -0.2) is 6.54 Å². The molecule has 0 aliphatic carbocycles. The van der Waals surface area contributed by atoms with E-state index in [9.17, 15) is 4.39 Å². The quantitative estimate of drug-likeness (QED) is 0.870. The van der Waals surface area contributed by atoms with Crippen molar-refractivity contribution in [2.45, 2.75) is 23.3 Å². The summed E-state index contributed by atoms with van der Waals surface area (Å²) >= 11 is 1.48. The highest BCUT2D eigenvalue weighted by atomic mass is 32.2. The second-order valence-corrected chi connectivity index (χ2v) is 5.00. The maximum atomic E-state index is 13.6. The Kier molecular flexibility index (Phi) is 4.79. The Morgan fingerprint density at radius 1 is 1.00 bits per heavy atom. The van der Waals surface area contributed by atoms with Crippen molar-refractivity contribution >= 4 is 11.8 Å². The van der Waals surface area contributed by atoms with Crippen LogP contribution in [0.1, 0.15) is 12.5 Å². The molecule has 0 bridgehead atoms. The van der Waals surface area contributed by atoms with Gasteiger partial charge in [-0.1, -0.05) is 49.0 Å². The van der Waals surface area contributed by atoms with Gasteiger partial charge in [0, 0.05) is 16.3 Å². The highest BCUT2D eigenvalue weighted by Gasteiger charge is 2.06. The second-order valence-electron chi connectivity index (χ2n) is 3.92. The smallest absolute Gasteiger partial charge is 0.137 e. The van der Waals surface area contributed by atoms with Crippen LogP contribution in [0.2, 0.25) is 0 Å². The maximum absolute atomic E-state index is 13.6. The Hall–Kier alpha value is -1.32. The van der Waals surface area contributed by atoms with Crippen molar-refractivity contribution in [3.05, 3.63) is 59.9 Å². The fourth-order valence-corrected chi connectivity index (χ4v) is 2.62. The average Bonchev–Trinajstić information content (AvgIpc) is 2.40. The van der Waals surface area contributed by atoms with Crippen LogP contribution in [0.25, 0.3) is 0 Å². The van der Waals surface area contributed by atoms with Gasteiger partial charge in [-0.2, -0.15) is 0 Å². The predicted molar refractivity (Wildman–Crippen MR) is 74.3 cm³/mol. The van der Waals surface area contributed by atoms with E-state index in [4.69, 9.17) is 0 Å². The molecule has 0 atom stereocenters. The van der Waals surface area contributed by atoms with Crippen LogP contribution >= 0.6 is 11.8 Å². The number of rotatable bonds is 5. The average molecular weight is 261 g/mol. The van der Waals surface area contributed by atoms with Crippen molar-refractivity contribution < 1.29 is 4.39 Å². The van der Waals surface area contributed by atoms with Gasteiger partial charge in [-0.05, 0) is 30.3 Å². The number of nitrogens with one attached hydrogen (secondary N) is 1. The summed E-state index contributed by atoms with van der Waals surface area (Å²) in [4.78, 5) is 1.77. The zero-order valence-electron chi connectivity index (χ0n) is 10.3. The van der Waals surface area contributed by atoms with Crippen molar-refractivity contribution in [3.63, 3.8) is 0 Å². The monoisotopic (exact) mass is 261 g/mol. The molecule has 0 heterocycles. The van der Waals surface area contributed by atoms with Gasteiger partial charge in [0.2, 0.25) is 0 Å². The van der Waals surface area contributed by atoms with Gasteiger partial charge in [-0.25, -0.2) is 4.39 Å². The molecule has 0 aliphatic rings. The molecule has 0 aliphatic heterocycles. The summed E-state index contributed by atoms with van der Waals surface area (Å²) in [5.41, 5.74) is 1.20. The molecule has 2 aromatic rings. The molecule has 18 heavy (non-hydrogen) atoms. The van der Waals surface area contributed by atoms with Crippen LogP contribution in [0, 0.1) is 5.82 Å². The molecule has 0 radical (unpaired) electrons. The minimum atomic E-state index is -0.166. The van der Waals surface area contributed by atoms with Gasteiger partial charge in [-0.15, -0.1) is 0 Å². The molecule has 0 fully saturated rings. The normalized spacial score (nSPS) is 10.6. The standard InChI is InChI=1S/C15H16FNS/c1-2-17-11-12-7-3-5-9-14(12)18-15-10-6-4-8-13(15)16/h3-10,17H,2,11H2,1H3. The Morgan fingerprint density at radius 3 is 2.39 bits per heavy atom. The molecule has 1 N–H and O–H groups in total. The summed E-state index contributed by atoms with van der Waals surface area (Å²) in [5.74, 6) is -0.166. The van der Waals surface area contributed by atoms with E-state index in [0.717, 1.165) is 18.0 Å². The molecular formula is C15H16FNS. The Bertz CT molecular complexity index is 513. The lowest BCUT2D eigenvalue weighted by molar-refractivity contribution is 0.602. The number of benzene rings is 2. The molecule has 0 spiro atoms. The van der Waals surface area contributed by atoms with Crippen LogP contribution in [0.15, 0.2) is 58.3 Å². The third-order valence-corrected chi connectivity index (χ3v) is 3.76. The summed E-state index contributed by atoms with van der Waals surface area (Å²) in [5, 5.41) is 3.30. The van der Waals surface area contributed by atoms with E-state index >= 15 is 0 Å². The first-order valence-corrected chi connectivity index (χ1v) is 6.84. The van der Waals surface area contributed by atoms with Gasteiger partial charge in [-0.3, -0.25) is 0 Å². The zero-order chi connectivity index (χ0) is 12.8. The van der Waals surface area contributed by atoms with Crippen LogP contribution < -0.4 is 5.32 Å². The molecule has 1 nitrogen and oxygen atoms in total. The Morgan fingerprint density at radius 2 is 1.67 bits per heavy atom. The molecule has 0 saturated carbocycles. The van der Waals surface area contributed by atoms with Gasteiger partial charge in [0.1, 0.15) is 5.82 Å². The third kappa shape index (κ3) is 3.34. The lowest BCUT2D eigenvalue weighted by Gasteiger charge is -2.09. The molecule has 3 heteroatoms. The van der Waals surface area contributed by atoms with Gasteiger partial charge in [0.15, 0.2) is 0 Å². The molecule has 0 amide bonds. The summed E-state index contributed by atoms with van der Waals surface area (Å²) in [6.07, 6.45) is 0. The molecule has 2 rings (SSSR count). The SMILES string of the molecule is CCNCc1ccccc1Sc1ccccc1F. The number of halogens is 1. The molecule has 0 saturated heterocycles. The number of hydrogen-bond donors (Lipinski definition) is 1. The highest BCUT2D eigenvalue weighted by molar-refractivity contribution is 7.99. The summed E-state index contributed by atoms with van der Waals surface area (Å²) < 4.78 is 13.6. The van der Waals surface area contributed by atoms with Crippen LogP contribution in [-0.2, 0) is 6.54 Å². The van der Waals surface area contributed by atoms with E-state index in [0.29, 0.717) is 4.90 Å². The first-order valence-electron chi connectivity index (χ1n) is 6.02. The zero-order valence-corrected chi connectivity index (χ0v) is 11.1. The maximum Gasteiger partial charge on any atom is 0.137 e. The summed E-state index contributed by atoms with van der Waals surface area (Å²) in [7, 11) is 0. The largest absolute Gasteiger partial charge is 0.313 e. The first-order chi connectivity index (χ1) is 8.81. The van der Waals surface area contributed by atoms with Crippen LogP contribution in [0.3, 0.4) is 0 Å². The molecular weight excluding hydrogens is 245 g/mol. The van der Waals surface area contributed by atoms with E-state index in [1.165, 1.54) is 23.4 Å². The van der Waals surface area contributed by atoms with Gasteiger partial charge in [0.25, 0.3) is 0 Å². The molecule has 0 aromatic heterocycles. The lowest BCUT2D eigenvalue weighted by atomic mass is 10.2. The van der Waals surface area contributed by atoms with E-state index < -0.39 is 0 Å². The number of hydrogen-bond acceptors (Lipinski definition) is 2. The molecule has 94 valence electrons. The topological polar surface area (TPSA) is 12.0 Å². The fraction of sp³-hybridized carbons (Fsp3) is 0.200. The van der Waals surface area contributed by atoms with E-state index in [1.807, 2.05) is 30.3 Å². The first kappa shape index (κ1) is 13.1. The minimum absolute atomic E-state index is 0.166. The third-order valence-electron chi connectivity index (χ3n) is 2.59. The summed E-state index contributed by atoms with van der Waals surface area (Å²) in [6, 6.07) is 15.0. The summed E-state index contributed by atoms with van der Waals surface area (Å²) in [6.45, 7) is 3.82. The van der Waals surface area contributed by atoms with Crippen molar-refractivity contribution in [3.8, 4) is 0 Å². The lowest BCUT2D eigenvalue weighted by Crippen LogP contribution is -2.12. The fourth-order valence-electron chi connectivity index (χ4n) is 1.66. The van der Waals surface area contributed by atoms with Crippen LogP contribution in [0.4, 0.5) is 4.39 Å². The highest BCUT2D eigenvalue weighted by Crippen LogP contribution is 2.31. The van der Waals surface area contributed by atoms with Gasteiger partial charge < -0.3 is 5.32 Å². The predicted octanol–water partition coefficient (Wildman–Crippen LogP) is 4.09. The van der Waals surface area contributed by atoms with Crippen LogP contribution in [0.5, 0.6) is 0 Å². The van der Waals surface area contributed by atoms with E-state index in [2.05, 4.69) is 18.3 Å². The molecule has 2 aromatic carbocycles. The van der Waals surface area contributed by atoms with E-state index in [-0.39, 0.29) is 5.82 Å². The minimum Gasteiger partial charge on any atom is -0.313 e. The second kappa shape index (κ2) is 6.57. The Balaban J connectivity index is 2.21. The van der Waals surface area contributed by atoms with Gasteiger partial charge >= 0.3 is 0 Å². The van der Waals surface area contributed by atoms with Crippen molar-refractivity contribution in [2.75, 3.05) is 6.54 Å². The molecule has 0 unspecified atom stereocenters. The Labute approximate surface area is 111 Å². The van der Waals surface area contributed by atoms with Gasteiger partial charge in [0.05, 0.1) is 0 Å². The van der Waals surface area contributed by atoms with Crippen molar-refractivity contribution in [2.24, 2.45) is 0 Å². The van der Waals surface area contributed by atoms with Crippen molar-refractivity contribution in [1.82, 2.24) is 5.32 Å². The van der Waals surface area contributed by atoms with E-state index in [1.54, 1.807) is 6.07 Å².